The topological polar surface area (TPSA) is 83.5 Å². The van der Waals surface area contributed by atoms with Gasteiger partial charge < -0.3 is 9.29 Å². The van der Waals surface area contributed by atoms with Crippen LogP contribution in [-0.4, -0.2) is 18.9 Å². The summed E-state index contributed by atoms with van der Waals surface area (Å²) in [6.45, 7) is 2.25. The number of esters is 1. The number of rotatable bonds is 16. The van der Waals surface area contributed by atoms with Gasteiger partial charge in [-0.1, -0.05) is 83.6 Å². The molecule has 164 valence electrons. The fraction of sp³-hybridized carbons (Fsp3) is 0.609. The molecular formula is C23H35NaO5S. The van der Waals surface area contributed by atoms with Crippen molar-refractivity contribution in [1.29, 1.82) is 0 Å². The number of unbranched alkanes of at least 4 members (excludes halogenated alkanes) is 12. The van der Waals surface area contributed by atoms with Gasteiger partial charge in [0.25, 0.3) is 0 Å². The zero-order chi connectivity index (χ0) is 21.4. The third kappa shape index (κ3) is 15.2. The molecule has 5 nitrogen and oxygen atoms in total. The minimum absolute atomic E-state index is 0. The fourth-order valence-electron chi connectivity index (χ4n) is 3.11. The van der Waals surface area contributed by atoms with Crippen molar-refractivity contribution in [2.45, 2.75) is 95.3 Å². The molecule has 0 atom stereocenters. The molecule has 0 radical (unpaired) electrons. The van der Waals surface area contributed by atoms with E-state index >= 15 is 0 Å². The van der Waals surface area contributed by atoms with Crippen LogP contribution < -0.4 is 34.3 Å². The van der Waals surface area contributed by atoms with Gasteiger partial charge in [0.15, 0.2) is 0 Å². The summed E-state index contributed by atoms with van der Waals surface area (Å²) in [7, 11) is -4.49. The van der Waals surface area contributed by atoms with Crippen LogP contribution in [0.2, 0.25) is 0 Å². The summed E-state index contributed by atoms with van der Waals surface area (Å²) in [5, 5.41) is 0. The van der Waals surface area contributed by atoms with Crippen LogP contribution in [-0.2, 0) is 14.9 Å². The van der Waals surface area contributed by atoms with E-state index < -0.39 is 16.1 Å². The molecule has 30 heavy (non-hydrogen) atoms. The third-order valence-corrected chi connectivity index (χ3v) is 5.66. The van der Waals surface area contributed by atoms with Crippen molar-refractivity contribution in [1.82, 2.24) is 0 Å². The molecule has 1 aromatic rings. The summed E-state index contributed by atoms with van der Waals surface area (Å²) < 4.78 is 37.6. The van der Waals surface area contributed by atoms with Gasteiger partial charge in [-0.3, -0.25) is 0 Å². The molecule has 1 aromatic carbocycles. The Morgan fingerprint density at radius 1 is 0.867 bits per heavy atom. The largest absolute Gasteiger partial charge is 1.00 e. The van der Waals surface area contributed by atoms with E-state index in [4.69, 9.17) is 4.74 Å². The summed E-state index contributed by atoms with van der Waals surface area (Å²) in [5.74, 6) is -0.306. The van der Waals surface area contributed by atoms with E-state index in [1.54, 1.807) is 6.08 Å². The second kappa shape index (κ2) is 18.0. The molecule has 0 aliphatic heterocycles. The van der Waals surface area contributed by atoms with Crippen molar-refractivity contribution < 1.29 is 52.1 Å². The summed E-state index contributed by atoms with van der Waals surface area (Å²) >= 11 is 0. The van der Waals surface area contributed by atoms with Crippen LogP contribution in [0.5, 0.6) is 5.75 Å². The van der Waals surface area contributed by atoms with E-state index in [-0.39, 0.29) is 40.2 Å². The van der Waals surface area contributed by atoms with Crippen LogP contribution in [0.4, 0.5) is 0 Å². The SMILES string of the molecule is CCCCCCCCCCCCCCC=CC(=O)Oc1ccc(S(=O)(=O)[O-])cc1.[Na+]. The maximum Gasteiger partial charge on any atom is 1.00 e. The zero-order valence-electron chi connectivity index (χ0n) is 18.6. The molecule has 0 saturated heterocycles. The first kappa shape index (κ1) is 29.3. The number of hydrogen-bond donors (Lipinski definition) is 0. The van der Waals surface area contributed by atoms with Gasteiger partial charge in [-0.05, 0) is 37.1 Å². The monoisotopic (exact) mass is 446 g/mol. The van der Waals surface area contributed by atoms with E-state index in [1.165, 1.54) is 88.8 Å². The Bertz CT molecular complexity index is 699. The first-order chi connectivity index (χ1) is 13.9. The van der Waals surface area contributed by atoms with Crippen LogP contribution in [0, 0.1) is 0 Å². The second-order valence-electron chi connectivity index (χ2n) is 7.43. The number of carbonyl (C=O) groups is 1. The number of allylic oxidation sites excluding steroid dienone is 1. The predicted molar refractivity (Wildman–Crippen MR) is 115 cm³/mol. The third-order valence-electron chi connectivity index (χ3n) is 4.81. The van der Waals surface area contributed by atoms with Crippen LogP contribution in [0.1, 0.15) is 90.4 Å². The van der Waals surface area contributed by atoms with Gasteiger partial charge >= 0.3 is 35.5 Å². The van der Waals surface area contributed by atoms with E-state index in [2.05, 4.69) is 6.92 Å². The molecular weight excluding hydrogens is 411 g/mol. The van der Waals surface area contributed by atoms with E-state index in [0.29, 0.717) is 0 Å². The van der Waals surface area contributed by atoms with Gasteiger partial charge in [0.05, 0.1) is 4.90 Å². The minimum Gasteiger partial charge on any atom is -0.744 e. The number of carbonyl (C=O) groups excluding carboxylic acids is 1. The van der Waals surface area contributed by atoms with Crippen molar-refractivity contribution >= 4 is 16.1 Å². The van der Waals surface area contributed by atoms with Gasteiger partial charge in [0, 0.05) is 6.08 Å². The first-order valence-electron chi connectivity index (χ1n) is 10.9. The normalized spacial score (nSPS) is 11.4. The molecule has 0 unspecified atom stereocenters. The molecule has 0 aliphatic carbocycles. The van der Waals surface area contributed by atoms with Gasteiger partial charge in [-0.2, -0.15) is 0 Å². The molecule has 0 spiro atoms. The average Bonchev–Trinajstić information content (AvgIpc) is 2.68. The minimum atomic E-state index is -4.49. The van der Waals surface area contributed by atoms with Crippen molar-refractivity contribution in [3.63, 3.8) is 0 Å². The van der Waals surface area contributed by atoms with E-state index in [1.807, 2.05) is 0 Å². The second-order valence-corrected chi connectivity index (χ2v) is 8.81. The Balaban J connectivity index is 0.00000841. The molecule has 0 saturated carbocycles. The zero-order valence-corrected chi connectivity index (χ0v) is 21.4. The number of benzene rings is 1. The molecule has 1 rings (SSSR count). The molecule has 0 heterocycles. The summed E-state index contributed by atoms with van der Waals surface area (Å²) in [5.41, 5.74) is 0. The maximum absolute atomic E-state index is 11.7. The molecule has 0 fully saturated rings. The van der Waals surface area contributed by atoms with E-state index in [0.717, 1.165) is 25.0 Å². The van der Waals surface area contributed by atoms with Gasteiger partial charge in [0.1, 0.15) is 15.9 Å². The standard InChI is InChI=1S/C23H36O5S.Na/c1-2-3-4-5-6-7-8-9-10-11-12-13-14-15-16-23(24)28-21-17-19-22(20-18-21)29(25,26)27;/h15-20H,2-14H2,1H3,(H,25,26,27);/q;+1/p-1. The molecule has 0 aromatic heterocycles. The summed E-state index contributed by atoms with van der Waals surface area (Å²) in [4.78, 5) is 11.4. The van der Waals surface area contributed by atoms with Crippen molar-refractivity contribution in [3.05, 3.63) is 36.4 Å². The first-order valence-corrected chi connectivity index (χ1v) is 12.3. The summed E-state index contributed by atoms with van der Waals surface area (Å²) in [6, 6.07) is 4.84. The van der Waals surface area contributed by atoms with Gasteiger partial charge in [-0.15, -0.1) is 0 Å². The average molecular weight is 447 g/mol. The van der Waals surface area contributed by atoms with Crippen LogP contribution in [0.3, 0.4) is 0 Å². The molecule has 7 heteroatoms. The van der Waals surface area contributed by atoms with Gasteiger partial charge in [-0.25, -0.2) is 13.2 Å². The van der Waals surface area contributed by atoms with Crippen LogP contribution in [0.15, 0.2) is 41.3 Å². The van der Waals surface area contributed by atoms with Crippen LogP contribution in [0.25, 0.3) is 0 Å². The smallest absolute Gasteiger partial charge is 0.744 e. The van der Waals surface area contributed by atoms with Crippen molar-refractivity contribution in [2.24, 2.45) is 0 Å². The van der Waals surface area contributed by atoms with Crippen LogP contribution >= 0.6 is 0 Å². The molecule has 0 N–H and O–H groups in total. The molecule has 0 amide bonds. The fourth-order valence-corrected chi connectivity index (χ4v) is 3.58. The van der Waals surface area contributed by atoms with Crippen molar-refractivity contribution in [2.75, 3.05) is 0 Å². The molecule has 0 bridgehead atoms. The summed E-state index contributed by atoms with van der Waals surface area (Å²) in [6.07, 6.45) is 19.6. The quantitative estimate of drug-likeness (QED) is 0.0973. The predicted octanol–water partition coefficient (Wildman–Crippen LogP) is 3.15. The Hall–Kier alpha value is -0.660. The Kier molecular flexibility index (Phi) is 17.6. The maximum atomic E-state index is 11.7. The van der Waals surface area contributed by atoms with Gasteiger partial charge in [0.2, 0.25) is 0 Å². The van der Waals surface area contributed by atoms with E-state index in [9.17, 15) is 17.8 Å². The number of ether oxygens (including phenoxy) is 1. The Labute approximate surface area is 204 Å². The Morgan fingerprint density at radius 3 is 1.80 bits per heavy atom. The van der Waals surface area contributed by atoms with Crippen molar-refractivity contribution in [3.8, 4) is 5.75 Å². The molecule has 0 aliphatic rings. The Morgan fingerprint density at radius 2 is 1.33 bits per heavy atom. The number of hydrogen-bond acceptors (Lipinski definition) is 5.